The number of carbonyl (C=O) groups is 1. The van der Waals surface area contributed by atoms with Gasteiger partial charge in [-0.15, -0.1) is 0 Å². The lowest BCUT2D eigenvalue weighted by atomic mass is 10.0. The van der Waals surface area contributed by atoms with Crippen LogP contribution in [0.4, 0.5) is 0 Å². The SMILES string of the molecule is CC=N/C(C)=C(\C)c1ccc(C(C)NC=O)cc1. The number of hydrogen-bond donors (Lipinski definition) is 1. The van der Waals surface area contributed by atoms with Crippen LogP contribution in [-0.4, -0.2) is 12.6 Å². The highest BCUT2D eigenvalue weighted by molar-refractivity contribution is 5.69. The number of aliphatic imine (C=N–C) groups is 1. The first-order valence-electron chi connectivity index (χ1n) is 6.06. The molecule has 1 N–H and O–H groups in total. The number of rotatable bonds is 5. The average Bonchev–Trinajstić information content (AvgIpc) is 2.38. The first kappa shape index (κ1) is 14.2. The Bertz CT molecular complexity index is 458. The quantitative estimate of drug-likeness (QED) is 0.626. The molecule has 3 heteroatoms. The number of hydrogen-bond acceptors (Lipinski definition) is 2. The zero-order chi connectivity index (χ0) is 13.5. The van der Waals surface area contributed by atoms with Crippen molar-refractivity contribution in [3.05, 3.63) is 41.1 Å². The predicted octanol–water partition coefficient (Wildman–Crippen LogP) is 3.34. The van der Waals surface area contributed by atoms with Crippen molar-refractivity contribution in [3.63, 3.8) is 0 Å². The highest BCUT2D eigenvalue weighted by Gasteiger charge is 2.04. The van der Waals surface area contributed by atoms with Gasteiger partial charge in [0.2, 0.25) is 6.41 Å². The van der Waals surface area contributed by atoms with E-state index in [1.807, 2.05) is 32.9 Å². The molecular weight excluding hydrogens is 224 g/mol. The Hall–Kier alpha value is -1.90. The van der Waals surface area contributed by atoms with E-state index in [-0.39, 0.29) is 6.04 Å². The maximum Gasteiger partial charge on any atom is 0.207 e. The number of carbonyl (C=O) groups excluding carboxylic acids is 1. The lowest BCUT2D eigenvalue weighted by Crippen LogP contribution is -2.15. The predicted molar refractivity (Wildman–Crippen MR) is 76.5 cm³/mol. The Morgan fingerprint density at radius 3 is 2.39 bits per heavy atom. The zero-order valence-corrected chi connectivity index (χ0v) is 11.4. The summed E-state index contributed by atoms with van der Waals surface area (Å²) in [6.07, 6.45) is 2.52. The van der Waals surface area contributed by atoms with Crippen molar-refractivity contribution in [1.82, 2.24) is 5.32 Å². The number of nitrogens with one attached hydrogen (secondary N) is 1. The topological polar surface area (TPSA) is 41.5 Å². The van der Waals surface area contributed by atoms with Crippen LogP contribution >= 0.6 is 0 Å². The third-order valence-electron chi connectivity index (χ3n) is 3.03. The molecule has 3 nitrogen and oxygen atoms in total. The molecule has 1 amide bonds. The van der Waals surface area contributed by atoms with Crippen LogP contribution in [0.3, 0.4) is 0 Å². The molecular formula is C15H20N2O. The molecule has 0 aromatic heterocycles. The molecule has 1 aromatic carbocycles. The van der Waals surface area contributed by atoms with Gasteiger partial charge < -0.3 is 5.32 Å². The minimum Gasteiger partial charge on any atom is -0.352 e. The third-order valence-corrected chi connectivity index (χ3v) is 3.03. The Balaban J connectivity index is 2.95. The summed E-state index contributed by atoms with van der Waals surface area (Å²) in [6.45, 7) is 7.93. The smallest absolute Gasteiger partial charge is 0.207 e. The highest BCUT2D eigenvalue weighted by atomic mass is 16.1. The van der Waals surface area contributed by atoms with Gasteiger partial charge in [0.1, 0.15) is 0 Å². The average molecular weight is 244 g/mol. The first-order chi connectivity index (χ1) is 8.60. The fourth-order valence-corrected chi connectivity index (χ4v) is 1.72. The van der Waals surface area contributed by atoms with Crippen molar-refractivity contribution >= 4 is 18.2 Å². The number of benzene rings is 1. The van der Waals surface area contributed by atoms with Crippen molar-refractivity contribution in [3.8, 4) is 0 Å². The molecule has 0 fully saturated rings. The summed E-state index contributed by atoms with van der Waals surface area (Å²) >= 11 is 0. The summed E-state index contributed by atoms with van der Waals surface area (Å²) in [5.41, 5.74) is 4.43. The molecule has 0 aliphatic rings. The lowest BCUT2D eigenvalue weighted by molar-refractivity contribution is -0.110. The van der Waals surface area contributed by atoms with Gasteiger partial charge in [-0.1, -0.05) is 24.3 Å². The molecule has 1 atom stereocenters. The van der Waals surface area contributed by atoms with E-state index in [1.54, 1.807) is 6.21 Å². The number of allylic oxidation sites excluding steroid dienone is 2. The Morgan fingerprint density at radius 1 is 1.28 bits per heavy atom. The van der Waals surface area contributed by atoms with E-state index in [4.69, 9.17) is 0 Å². The summed E-state index contributed by atoms with van der Waals surface area (Å²) in [7, 11) is 0. The van der Waals surface area contributed by atoms with Gasteiger partial charge in [0.25, 0.3) is 0 Å². The molecule has 0 aliphatic heterocycles. The number of amides is 1. The van der Waals surface area contributed by atoms with Gasteiger partial charge in [0, 0.05) is 11.9 Å². The van der Waals surface area contributed by atoms with Gasteiger partial charge in [-0.05, 0) is 44.4 Å². The van der Waals surface area contributed by atoms with Crippen LogP contribution in [0.5, 0.6) is 0 Å². The molecule has 96 valence electrons. The molecule has 1 aromatic rings. The Labute approximate surface area is 109 Å². The summed E-state index contributed by atoms with van der Waals surface area (Å²) in [6, 6.07) is 8.21. The largest absolute Gasteiger partial charge is 0.352 e. The van der Waals surface area contributed by atoms with E-state index in [0.717, 1.165) is 28.8 Å². The van der Waals surface area contributed by atoms with Gasteiger partial charge in [0.05, 0.1) is 6.04 Å². The molecule has 0 radical (unpaired) electrons. The minimum absolute atomic E-state index is 0.0376. The second-order valence-electron chi connectivity index (χ2n) is 4.23. The van der Waals surface area contributed by atoms with E-state index in [1.165, 1.54) is 0 Å². The summed E-state index contributed by atoms with van der Waals surface area (Å²) < 4.78 is 0. The first-order valence-corrected chi connectivity index (χ1v) is 6.06. The van der Waals surface area contributed by atoms with Crippen molar-refractivity contribution in [2.24, 2.45) is 4.99 Å². The van der Waals surface area contributed by atoms with E-state index in [9.17, 15) is 4.79 Å². The van der Waals surface area contributed by atoms with Gasteiger partial charge in [-0.2, -0.15) is 0 Å². The molecule has 0 heterocycles. The second kappa shape index (κ2) is 6.74. The van der Waals surface area contributed by atoms with Crippen LogP contribution in [-0.2, 0) is 4.79 Å². The maximum atomic E-state index is 10.4. The highest BCUT2D eigenvalue weighted by Crippen LogP contribution is 2.21. The van der Waals surface area contributed by atoms with Crippen molar-refractivity contribution in [1.29, 1.82) is 0 Å². The van der Waals surface area contributed by atoms with Crippen LogP contribution in [0, 0.1) is 0 Å². The minimum atomic E-state index is 0.0376. The fourth-order valence-electron chi connectivity index (χ4n) is 1.72. The molecule has 0 bridgehead atoms. The zero-order valence-electron chi connectivity index (χ0n) is 11.4. The van der Waals surface area contributed by atoms with Crippen LogP contribution in [0.25, 0.3) is 5.57 Å². The van der Waals surface area contributed by atoms with Crippen LogP contribution < -0.4 is 5.32 Å². The van der Waals surface area contributed by atoms with Crippen LogP contribution in [0.1, 0.15) is 44.9 Å². The van der Waals surface area contributed by atoms with Crippen molar-refractivity contribution < 1.29 is 4.79 Å². The summed E-state index contributed by atoms with van der Waals surface area (Å²) in [4.78, 5) is 14.7. The van der Waals surface area contributed by atoms with Crippen molar-refractivity contribution in [2.75, 3.05) is 0 Å². The molecule has 0 saturated carbocycles. The summed E-state index contributed by atoms with van der Waals surface area (Å²) in [5, 5.41) is 2.74. The van der Waals surface area contributed by atoms with Gasteiger partial charge in [-0.3, -0.25) is 9.79 Å². The third kappa shape index (κ3) is 3.55. The normalized spacial score (nSPS) is 14.2. The Kier molecular flexibility index (Phi) is 5.31. The van der Waals surface area contributed by atoms with E-state index >= 15 is 0 Å². The second-order valence-corrected chi connectivity index (χ2v) is 4.23. The monoisotopic (exact) mass is 244 g/mol. The Morgan fingerprint density at radius 2 is 1.89 bits per heavy atom. The van der Waals surface area contributed by atoms with E-state index < -0.39 is 0 Å². The van der Waals surface area contributed by atoms with E-state index in [0.29, 0.717) is 0 Å². The maximum absolute atomic E-state index is 10.4. The van der Waals surface area contributed by atoms with Crippen LogP contribution in [0.15, 0.2) is 35.0 Å². The van der Waals surface area contributed by atoms with Gasteiger partial charge >= 0.3 is 0 Å². The molecule has 0 saturated heterocycles. The molecule has 0 aliphatic carbocycles. The summed E-state index contributed by atoms with van der Waals surface area (Å²) in [5.74, 6) is 0. The van der Waals surface area contributed by atoms with E-state index in [2.05, 4.69) is 29.4 Å². The molecule has 18 heavy (non-hydrogen) atoms. The molecule has 1 rings (SSSR count). The van der Waals surface area contributed by atoms with Gasteiger partial charge in [0.15, 0.2) is 0 Å². The standard InChI is InChI=1S/C15H20N2O/c1-5-16-12(3)11(2)14-6-8-15(9-7-14)13(4)17-10-18/h5-10,13H,1-4H3,(H,17,18)/b12-11+,16-5?. The molecule has 1 unspecified atom stereocenters. The van der Waals surface area contributed by atoms with Crippen molar-refractivity contribution in [2.45, 2.75) is 33.7 Å². The fraction of sp³-hybridized carbons (Fsp3) is 0.333. The molecule has 0 spiro atoms. The number of nitrogens with zero attached hydrogens (tertiary/aromatic N) is 1. The van der Waals surface area contributed by atoms with Gasteiger partial charge in [-0.25, -0.2) is 0 Å². The van der Waals surface area contributed by atoms with Crippen LogP contribution in [0.2, 0.25) is 0 Å². The lowest BCUT2D eigenvalue weighted by Gasteiger charge is -2.11.